The molecule has 8 heteroatoms. The molecule has 0 aliphatic carbocycles. The second-order valence-electron chi connectivity index (χ2n) is 8.64. The Labute approximate surface area is 201 Å². The van der Waals surface area contributed by atoms with E-state index in [1.807, 2.05) is 42.7 Å². The number of aryl methyl sites for hydroxylation is 2. The Morgan fingerprint density at radius 3 is 2.57 bits per heavy atom. The maximum absolute atomic E-state index is 12.9. The van der Waals surface area contributed by atoms with E-state index in [9.17, 15) is 14.4 Å². The summed E-state index contributed by atoms with van der Waals surface area (Å²) in [4.78, 5) is 42.8. The van der Waals surface area contributed by atoms with Gasteiger partial charge in [0, 0.05) is 35.6 Å². The lowest BCUT2D eigenvalue weighted by Gasteiger charge is -2.11. The van der Waals surface area contributed by atoms with Crippen LogP contribution < -0.4 is 10.3 Å². The van der Waals surface area contributed by atoms with Crippen LogP contribution in [0.4, 0.5) is 0 Å². The van der Waals surface area contributed by atoms with E-state index >= 15 is 0 Å². The zero-order chi connectivity index (χ0) is 24.7. The van der Waals surface area contributed by atoms with E-state index in [0.717, 1.165) is 41.5 Å². The highest BCUT2D eigenvalue weighted by Crippen LogP contribution is 2.23. The minimum absolute atomic E-state index is 0.0928. The van der Waals surface area contributed by atoms with Crippen LogP contribution in [0, 0.1) is 13.8 Å². The molecule has 3 heterocycles. The Morgan fingerprint density at radius 2 is 1.83 bits per heavy atom. The second-order valence-corrected chi connectivity index (χ2v) is 8.64. The molecule has 35 heavy (non-hydrogen) atoms. The third-order valence-corrected chi connectivity index (χ3v) is 6.45. The average Bonchev–Trinajstić information content (AvgIpc) is 3.46. The van der Waals surface area contributed by atoms with E-state index < -0.39 is 5.97 Å². The zero-order valence-electron chi connectivity index (χ0n) is 19.8. The van der Waals surface area contributed by atoms with Crippen LogP contribution in [0.15, 0.2) is 53.3 Å². The predicted octanol–water partition coefficient (Wildman–Crippen LogP) is 3.80. The Balaban J connectivity index is 1.33. The smallest absolute Gasteiger partial charge is 0.338 e. The molecule has 0 saturated heterocycles. The van der Waals surface area contributed by atoms with E-state index in [2.05, 4.69) is 4.98 Å². The van der Waals surface area contributed by atoms with Crippen molar-refractivity contribution in [2.45, 2.75) is 33.2 Å². The van der Waals surface area contributed by atoms with Gasteiger partial charge < -0.3 is 14.0 Å². The molecule has 0 atom stereocenters. The lowest BCUT2D eigenvalue weighted by Crippen LogP contribution is -2.21. The Hall–Kier alpha value is -4.20. The first-order valence-corrected chi connectivity index (χ1v) is 11.4. The van der Waals surface area contributed by atoms with Crippen molar-refractivity contribution >= 4 is 22.7 Å². The second kappa shape index (κ2) is 8.87. The summed E-state index contributed by atoms with van der Waals surface area (Å²) >= 11 is 0. The van der Waals surface area contributed by atoms with Gasteiger partial charge in [-0.25, -0.2) is 9.78 Å². The Morgan fingerprint density at radius 1 is 1.06 bits per heavy atom. The van der Waals surface area contributed by atoms with Gasteiger partial charge in [0.15, 0.2) is 6.61 Å². The highest BCUT2D eigenvalue weighted by molar-refractivity contribution is 6.01. The SMILES string of the molecule is COc1ccc(-n2c(C)cc(C(=O)COC(=O)c3ccc4c(=O)n5c(nc4c3)CCC5)c2C)cc1. The molecule has 0 bridgehead atoms. The molecule has 0 spiro atoms. The van der Waals surface area contributed by atoms with E-state index in [1.54, 1.807) is 29.9 Å². The first-order valence-electron chi connectivity index (χ1n) is 11.4. The van der Waals surface area contributed by atoms with Gasteiger partial charge in [-0.15, -0.1) is 0 Å². The normalized spacial score (nSPS) is 12.5. The maximum atomic E-state index is 12.9. The van der Waals surface area contributed by atoms with Crippen molar-refractivity contribution in [3.8, 4) is 11.4 Å². The van der Waals surface area contributed by atoms with E-state index in [0.29, 0.717) is 23.0 Å². The third-order valence-electron chi connectivity index (χ3n) is 6.45. The number of ether oxygens (including phenoxy) is 2. The molecule has 1 aliphatic rings. The predicted molar refractivity (Wildman–Crippen MR) is 131 cm³/mol. The summed E-state index contributed by atoms with van der Waals surface area (Å²) in [5.41, 5.74) is 3.68. The van der Waals surface area contributed by atoms with Gasteiger partial charge in [0.2, 0.25) is 5.78 Å². The molecule has 2 aromatic carbocycles. The van der Waals surface area contributed by atoms with Crippen molar-refractivity contribution in [3.63, 3.8) is 0 Å². The molecule has 8 nitrogen and oxygen atoms in total. The number of nitrogens with zero attached hydrogens (tertiary/aromatic N) is 3. The van der Waals surface area contributed by atoms with Crippen LogP contribution in [0.1, 0.15) is 44.3 Å². The molecule has 0 radical (unpaired) electrons. The molecular weight excluding hydrogens is 446 g/mol. The Kier molecular flexibility index (Phi) is 5.72. The summed E-state index contributed by atoms with van der Waals surface area (Å²) in [5.74, 6) is 0.557. The number of Topliss-reactive ketones (excluding diaryl/α,β-unsaturated/α-hetero) is 1. The van der Waals surface area contributed by atoms with E-state index in [1.165, 1.54) is 6.07 Å². The fourth-order valence-electron chi connectivity index (χ4n) is 4.68. The number of benzene rings is 2. The molecule has 1 aliphatic heterocycles. The van der Waals surface area contributed by atoms with Crippen molar-refractivity contribution in [2.75, 3.05) is 13.7 Å². The number of methoxy groups -OCH3 is 1. The van der Waals surface area contributed by atoms with E-state index in [4.69, 9.17) is 9.47 Å². The number of hydrogen-bond acceptors (Lipinski definition) is 6. The van der Waals surface area contributed by atoms with Crippen LogP contribution in [0.3, 0.4) is 0 Å². The largest absolute Gasteiger partial charge is 0.497 e. The van der Waals surface area contributed by atoms with E-state index in [-0.39, 0.29) is 23.5 Å². The maximum Gasteiger partial charge on any atom is 0.338 e. The van der Waals surface area contributed by atoms with Gasteiger partial charge in [0.25, 0.3) is 5.56 Å². The monoisotopic (exact) mass is 471 g/mol. The number of hydrogen-bond donors (Lipinski definition) is 0. The summed E-state index contributed by atoms with van der Waals surface area (Å²) in [6.45, 7) is 4.06. The molecule has 4 aromatic rings. The van der Waals surface area contributed by atoms with Crippen molar-refractivity contribution in [1.29, 1.82) is 0 Å². The molecular formula is C27H25N3O5. The van der Waals surface area contributed by atoms with Crippen LogP contribution in [0.5, 0.6) is 5.75 Å². The fourth-order valence-corrected chi connectivity index (χ4v) is 4.68. The van der Waals surface area contributed by atoms with Crippen molar-refractivity contribution in [3.05, 3.63) is 87.2 Å². The molecule has 0 unspecified atom stereocenters. The molecule has 0 N–H and O–H groups in total. The molecule has 0 amide bonds. The van der Waals surface area contributed by atoms with Crippen molar-refractivity contribution in [1.82, 2.24) is 14.1 Å². The van der Waals surface area contributed by atoms with Gasteiger partial charge in [0.05, 0.1) is 23.6 Å². The van der Waals surface area contributed by atoms with Crippen LogP contribution in [-0.2, 0) is 17.7 Å². The number of fused-ring (bicyclic) bond motifs is 2. The molecule has 2 aromatic heterocycles. The number of rotatable bonds is 6. The summed E-state index contributed by atoms with van der Waals surface area (Å²) < 4.78 is 14.2. The number of ketones is 1. The Bertz CT molecular complexity index is 1530. The fraction of sp³-hybridized carbons (Fsp3) is 0.259. The number of carbonyl (C=O) groups excluding carboxylic acids is 2. The first kappa shape index (κ1) is 22.6. The molecule has 0 fully saturated rings. The average molecular weight is 472 g/mol. The number of esters is 1. The molecule has 0 saturated carbocycles. The minimum Gasteiger partial charge on any atom is -0.497 e. The van der Waals surface area contributed by atoms with Crippen molar-refractivity contribution in [2.24, 2.45) is 0 Å². The summed E-state index contributed by atoms with van der Waals surface area (Å²) in [7, 11) is 1.61. The van der Waals surface area contributed by atoms with Crippen LogP contribution >= 0.6 is 0 Å². The molecule has 178 valence electrons. The van der Waals surface area contributed by atoms with Gasteiger partial charge in [0.1, 0.15) is 11.6 Å². The highest BCUT2D eigenvalue weighted by Gasteiger charge is 2.20. The van der Waals surface area contributed by atoms with Crippen LogP contribution in [0.25, 0.3) is 16.6 Å². The first-order chi connectivity index (χ1) is 16.9. The summed E-state index contributed by atoms with van der Waals surface area (Å²) in [5, 5.41) is 0.467. The standard InChI is InChI=1S/C27H25N3O5/c1-16-13-22(17(2)30(16)19-7-9-20(34-3)10-8-19)24(31)15-35-27(33)18-6-11-21-23(14-18)28-25-5-4-12-29(25)26(21)32/h6-11,13-14H,4-5,12,15H2,1-3H3. The van der Waals surface area contributed by atoms with Gasteiger partial charge in [-0.2, -0.15) is 0 Å². The number of carbonyl (C=O) groups is 2. The van der Waals surface area contributed by atoms with Crippen molar-refractivity contribution < 1.29 is 19.1 Å². The summed E-state index contributed by atoms with van der Waals surface area (Å²) in [6.07, 6.45) is 1.62. The van der Waals surface area contributed by atoms with Gasteiger partial charge in [-0.1, -0.05) is 0 Å². The minimum atomic E-state index is -0.633. The molecule has 5 rings (SSSR count). The van der Waals surface area contributed by atoms with Gasteiger partial charge in [-0.05, 0) is 68.8 Å². The third kappa shape index (κ3) is 4.01. The quantitative estimate of drug-likeness (QED) is 0.314. The van der Waals surface area contributed by atoms with Gasteiger partial charge >= 0.3 is 5.97 Å². The van der Waals surface area contributed by atoms with Crippen LogP contribution in [-0.4, -0.2) is 39.6 Å². The summed E-state index contributed by atoms with van der Waals surface area (Å²) in [6, 6.07) is 14.0. The van der Waals surface area contributed by atoms with Gasteiger partial charge in [-0.3, -0.25) is 14.2 Å². The lowest BCUT2D eigenvalue weighted by molar-refractivity contribution is 0.0474. The highest BCUT2D eigenvalue weighted by atomic mass is 16.5. The zero-order valence-corrected chi connectivity index (χ0v) is 19.8. The number of aromatic nitrogens is 3. The topological polar surface area (TPSA) is 92.4 Å². The lowest BCUT2D eigenvalue weighted by atomic mass is 10.1. The van der Waals surface area contributed by atoms with Crippen LogP contribution in [0.2, 0.25) is 0 Å².